The molecule has 0 aliphatic heterocycles. The average Bonchev–Trinajstić information content (AvgIpc) is 2.77. The zero-order valence-electron chi connectivity index (χ0n) is 11.3. The van der Waals surface area contributed by atoms with Crippen LogP contribution in [-0.4, -0.2) is 13.2 Å². The number of rotatable bonds is 5. The van der Waals surface area contributed by atoms with Crippen LogP contribution >= 0.6 is 11.6 Å². The Kier molecular flexibility index (Phi) is 4.51. The van der Waals surface area contributed by atoms with Crippen molar-refractivity contribution < 1.29 is 9.15 Å². The van der Waals surface area contributed by atoms with Gasteiger partial charge in [0.15, 0.2) is 5.22 Å². The number of furan rings is 1. The zero-order chi connectivity index (χ0) is 13.8. The van der Waals surface area contributed by atoms with Crippen molar-refractivity contribution in [3.05, 3.63) is 52.9 Å². The summed E-state index contributed by atoms with van der Waals surface area (Å²) < 4.78 is 10.9. The fourth-order valence-electron chi connectivity index (χ4n) is 2.05. The van der Waals surface area contributed by atoms with Crippen molar-refractivity contribution in [3.63, 3.8) is 0 Å². The lowest BCUT2D eigenvalue weighted by molar-refractivity contribution is 0.242. The van der Waals surface area contributed by atoms with Crippen LogP contribution in [0.2, 0.25) is 5.22 Å². The molecule has 3 nitrogen and oxygen atoms in total. The minimum Gasteiger partial charge on any atom is -0.491 e. The Balaban J connectivity index is 2.31. The molecule has 1 aromatic heterocycles. The van der Waals surface area contributed by atoms with E-state index < -0.39 is 0 Å². The summed E-state index contributed by atoms with van der Waals surface area (Å²) in [6, 6.07) is 9.85. The minimum absolute atomic E-state index is 0.0121. The lowest BCUT2D eigenvalue weighted by Crippen LogP contribution is -2.17. The standard InChI is InChI=1S/C15H18ClNO2/c1-10(2)19-12-6-4-5-11(9-12)14(17-3)13-7-8-18-15(13)16/h4-10,14,17H,1-3H3. The van der Waals surface area contributed by atoms with Gasteiger partial charge in [0.25, 0.3) is 0 Å². The zero-order valence-corrected chi connectivity index (χ0v) is 12.1. The molecule has 0 bridgehead atoms. The molecule has 0 aliphatic rings. The van der Waals surface area contributed by atoms with Crippen LogP contribution in [0.4, 0.5) is 0 Å². The van der Waals surface area contributed by atoms with Gasteiger partial charge in [-0.2, -0.15) is 0 Å². The van der Waals surface area contributed by atoms with Gasteiger partial charge >= 0.3 is 0 Å². The van der Waals surface area contributed by atoms with Crippen molar-refractivity contribution in [2.24, 2.45) is 0 Å². The van der Waals surface area contributed by atoms with Gasteiger partial charge in [-0.25, -0.2) is 0 Å². The van der Waals surface area contributed by atoms with Gasteiger partial charge in [-0.3, -0.25) is 0 Å². The van der Waals surface area contributed by atoms with Crippen molar-refractivity contribution >= 4 is 11.6 Å². The Labute approximate surface area is 118 Å². The Morgan fingerprint density at radius 2 is 2.05 bits per heavy atom. The van der Waals surface area contributed by atoms with Crippen LogP contribution in [0.25, 0.3) is 0 Å². The molecule has 4 heteroatoms. The highest BCUT2D eigenvalue weighted by molar-refractivity contribution is 6.29. The second-order valence-corrected chi connectivity index (χ2v) is 4.95. The molecule has 2 rings (SSSR count). The first-order valence-electron chi connectivity index (χ1n) is 6.28. The van der Waals surface area contributed by atoms with Gasteiger partial charge in [-0.1, -0.05) is 12.1 Å². The van der Waals surface area contributed by atoms with Gasteiger partial charge < -0.3 is 14.5 Å². The molecule has 19 heavy (non-hydrogen) atoms. The molecule has 1 aromatic carbocycles. The quantitative estimate of drug-likeness (QED) is 0.897. The lowest BCUT2D eigenvalue weighted by atomic mass is 10.0. The SMILES string of the molecule is CNC(c1cccc(OC(C)C)c1)c1ccoc1Cl. The summed E-state index contributed by atoms with van der Waals surface area (Å²) in [6.07, 6.45) is 1.75. The Morgan fingerprint density at radius 3 is 2.63 bits per heavy atom. The first-order valence-corrected chi connectivity index (χ1v) is 6.66. The van der Waals surface area contributed by atoms with Crippen LogP contribution in [0.15, 0.2) is 41.0 Å². The van der Waals surface area contributed by atoms with E-state index in [1.807, 2.05) is 51.2 Å². The summed E-state index contributed by atoms with van der Waals surface area (Å²) in [5.74, 6) is 0.854. The predicted molar refractivity (Wildman–Crippen MR) is 76.8 cm³/mol. The van der Waals surface area contributed by atoms with Crippen molar-refractivity contribution in [1.82, 2.24) is 5.32 Å². The van der Waals surface area contributed by atoms with Crippen LogP contribution in [0.5, 0.6) is 5.75 Å². The van der Waals surface area contributed by atoms with Crippen molar-refractivity contribution in [3.8, 4) is 5.75 Å². The van der Waals surface area contributed by atoms with E-state index in [9.17, 15) is 0 Å². The molecule has 0 aliphatic carbocycles. The maximum absolute atomic E-state index is 6.05. The number of ether oxygens (including phenoxy) is 1. The maximum atomic E-state index is 6.05. The van der Waals surface area contributed by atoms with Crippen molar-refractivity contribution in [2.45, 2.75) is 26.0 Å². The average molecular weight is 280 g/mol. The number of halogens is 1. The van der Waals surface area contributed by atoms with Crippen LogP contribution in [0, 0.1) is 0 Å². The third-order valence-corrected chi connectivity index (χ3v) is 3.12. The second kappa shape index (κ2) is 6.13. The van der Waals surface area contributed by atoms with Crippen molar-refractivity contribution in [2.75, 3.05) is 7.05 Å². The summed E-state index contributed by atoms with van der Waals surface area (Å²) in [5.41, 5.74) is 2.01. The fourth-order valence-corrected chi connectivity index (χ4v) is 2.28. The van der Waals surface area contributed by atoms with E-state index >= 15 is 0 Å². The predicted octanol–water partition coefficient (Wildman–Crippen LogP) is 4.03. The third-order valence-electron chi connectivity index (χ3n) is 2.81. The van der Waals surface area contributed by atoms with Gasteiger partial charge in [-0.05, 0) is 56.3 Å². The molecule has 0 spiro atoms. The summed E-state index contributed by atoms with van der Waals surface area (Å²) in [4.78, 5) is 0. The normalized spacial score (nSPS) is 12.7. The molecule has 102 valence electrons. The Hall–Kier alpha value is -1.45. The molecule has 1 N–H and O–H groups in total. The minimum atomic E-state index is -0.0121. The number of hydrogen-bond acceptors (Lipinski definition) is 3. The molecule has 0 fully saturated rings. The maximum Gasteiger partial charge on any atom is 0.198 e. The Morgan fingerprint density at radius 1 is 1.26 bits per heavy atom. The molecular formula is C15H18ClNO2. The molecule has 0 radical (unpaired) electrons. The number of benzene rings is 1. The van der Waals surface area contributed by atoms with Crippen LogP contribution in [0.1, 0.15) is 31.0 Å². The van der Waals surface area contributed by atoms with E-state index in [2.05, 4.69) is 5.32 Å². The summed E-state index contributed by atoms with van der Waals surface area (Å²) in [7, 11) is 1.89. The third kappa shape index (κ3) is 3.31. The van der Waals surface area contributed by atoms with Crippen LogP contribution in [0.3, 0.4) is 0 Å². The largest absolute Gasteiger partial charge is 0.491 e. The van der Waals surface area contributed by atoms with Crippen LogP contribution < -0.4 is 10.1 Å². The topological polar surface area (TPSA) is 34.4 Å². The second-order valence-electron chi connectivity index (χ2n) is 4.61. The van der Waals surface area contributed by atoms with E-state index in [-0.39, 0.29) is 12.1 Å². The molecule has 1 heterocycles. The van der Waals surface area contributed by atoms with Gasteiger partial charge in [-0.15, -0.1) is 0 Å². The Bertz CT molecular complexity index is 536. The van der Waals surface area contributed by atoms with E-state index in [0.717, 1.165) is 16.9 Å². The van der Waals surface area contributed by atoms with Gasteiger partial charge in [0.1, 0.15) is 5.75 Å². The van der Waals surface area contributed by atoms with Gasteiger partial charge in [0, 0.05) is 5.56 Å². The van der Waals surface area contributed by atoms with E-state index in [0.29, 0.717) is 5.22 Å². The summed E-state index contributed by atoms with van der Waals surface area (Å²) >= 11 is 6.05. The first kappa shape index (κ1) is 14.0. The first-order chi connectivity index (χ1) is 9.11. The molecule has 1 unspecified atom stereocenters. The van der Waals surface area contributed by atoms with Crippen LogP contribution in [-0.2, 0) is 0 Å². The number of nitrogens with one attached hydrogen (secondary N) is 1. The smallest absolute Gasteiger partial charge is 0.198 e. The summed E-state index contributed by atoms with van der Waals surface area (Å²) in [6.45, 7) is 4.02. The molecular weight excluding hydrogens is 262 g/mol. The molecule has 0 amide bonds. The van der Waals surface area contributed by atoms with E-state index in [1.165, 1.54) is 0 Å². The lowest BCUT2D eigenvalue weighted by Gasteiger charge is -2.17. The van der Waals surface area contributed by atoms with Crippen molar-refractivity contribution in [1.29, 1.82) is 0 Å². The highest BCUT2D eigenvalue weighted by Gasteiger charge is 2.17. The summed E-state index contributed by atoms with van der Waals surface area (Å²) in [5, 5.41) is 3.65. The highest BCUT2D eigenvalue weighted by atomic mass is 35.5. The molecule has 1 atom stereocenters. The number of hydrogen-bond donors (Lipinski definition) is 1. The highest BCUT2D eigenvalue weighted by Crippen LogP contribution is 2.30. The van der Waals surface area contributed by atoms with Gasteiger partial charge in [0.05, 0.1) is 18.4 Å². The molecule has 0 saturated heterocycles. The van der Waals surface area contributed by atoms with E-state index in [1.54, 1.807) is 6.26 Å². The fraction of sp³-hybridized carbons (Fsp3) is 0.333. The molecule has 2 aromatic rings. The monoisotopic (exact) mass is 279 g/mol. The van der Waals surface area contributed by atoms with Gasteiger partial charge in [0.2, 0.25) is 0 Å². The van der Waals surface area contributed by atoms with E-state index in [4.69, 9.17) is 20.8 Å². The molecule has 0 saturated carbocycles.